The monoisotopic (exact) mass is 395 g/mol. The van der Waals surface area contributed by atoms with Crippen molar-refractivity contribution in [2.45, 2.75) is 6.61 Å². The quantitative estimate of drug-likeness (QED) is 0.366. The van der Waals surface area contributed by atoms with Gasteiger partial charge in [0.2, 0.25) is 0 Å². The fraction of sp³-hybridized carbons (Fsp3) is 0.0417. The lowest BCUT2D eigenvalue weighted by molar-refractivity contribution is -0.112. The largest absolute Gasteiger partial charge is 0.508 e. The smallest absolute Gasteiger partial charge is 0.266 e. The van der Waals surface area contributed by atoms with Crippen molar-refractivity contribution in [1.82, 2.24) is 0 Å². The van der Waals surface area contributed by atoms with E-state index in [1.165, 1.54) is 18.2 Å². The number of rotatable bonds is 6. The van der Waals surface area contributed by atoms with Gasteiger partial charge >= 0.3 is 0 Å². The number of nitrogens with zero attached hydrogens (tertiary/aromatic N) is 2. The van der Waals surface area contributed by atoms with Gasteiger partial charge in [-0.25, -0.2) is 0 Å². The molecule has 0 aliphatic rings. The van der Waals surface area contributed by atoms with Gasteiger partial charge in [0.15, 0.2) is 0 Å². The Morgan fingerprint density at radius 1 is 1.00 bits per heavy atom. The molecule has 0 atom stereocenters. The van der Waals surface area contributed by atoms with Crippen LogP contribution in [0.5, 0.6) is 11.5 Å². The molecule has 3 rings (SSSR count). The summed E-state index contributed by atoms with van der Waals surface area (Å²) in [4.78, 5) is 12.3. The van der Waals surface area contributed by atoms with E-state index in [0.717, 1.165) is 5.56 Å². The van der Waals surface area contributed by atoms with Crippen molar-refractivity contribution in [1.29, 1.82) is 10.5 Å². The lowest BCUT2D eigenvalue weighted by Crippen LogP contribution is -2.13. The van der Waals surface area contributed by atoms with Crippen LogP contribution >= 0.6 is 0 Å². The van der Waals surface area contributed by atoms with Crippen LogP contribution in [0.15, 0.2) is 78.4 Å². The summed E-state index contributed by atoms with van der Waals surface area (Å²) >= 11 is 0. The molecule has 0 heterocycles. The van der Waals surface area contributed by atoms with Gasteiger partial charge in [-0.1, -0.05) is 30.3 Å². The van der Waals surface area contributed by atoms with E-state index in [-0.39, 0.29) is 17.9 Å². The first-order valence-electron chi connectivity index (χ1n) is 9.02. The Kier molecular flexibility index (Phi) is 6.45. The van der Waals surface area contributed by atoms with Crippen molar-refractivity contribution in [3.63, 3.8) is 0 Å². The van der Waals surface area contributed by atoms with Gasteiger partial charge in [0.05, 0.1) is 11.6 Å². The number of hydrogen-bond donors (Lipinski definition) is 2. The first kappa shape index (κ1) is 20.2. The zero-order chi connectivity index (χ0) is 21.3. The Morgan fingerprint density at radius 2 is 1.70 bits per heavy atom. The second kappa shape index (κ2) is 9.59. The average molecular weight is 395 g/mol. The van der Waals surface area contributed by atoms with Crippen molar-refractivity contribution in [2.75, 3.05) is 5.32 Å². The molecule has 0 saturated heterocycles. The minimum Gasteiger partial charge on any atom is -0.508 e. The van der Waals surface area contributed by atoms with Gasteiger partial charge in [-0.15, -0.1) is 0 Å². The van der Waals surface area contributed by atoms with Gasteiger partial charge in [0.1, 0.15) is 29.7 Å². The molecule has 1 amide bonds. The lowest BCUT2D eigenvalue weighted by Gasteiger charge is -2.08. The average Bonchev–Trinajstić information content (AvgIpc) is 2.78. The number of benzene rings is 3. The molecule has 0 fully saturated rings. The number of hydrogen-bond acceptors (Lipinski definition) is 5. The number of nitrogens with one attached hydrogen (secondary N) is 1. The highest BCUT2D eigenvalue weighted by molar-refractivity contribution is 6.09. The number of ether oxygens (including phenoxy) is 1. The van der Waals surface area contributed by atoms with E-state index in [0.29, 0.717) is 22.6 Å². The van der Waals surface area contributed by atoms with Gasteiger partial charge in [-0.3, -0.25) is 4.79 Å². The third kappa shape index (κ3) is 5.25. The molecule has 146 valence electrons. The number of phenolic OH excluding ortho intramolecular Hbond substituents is 1. The van der Waals surface area contributed by atoms with Crippen molar-refractivity contribution >= 4 is 17.7 Å². The first-order chi connectivity index (χ1) is 14.6. The normalized spacial score (nSPS) is 10.5. The number of aromatic hydroxyl groups is 1. The van der Waals surface area contributed by atoms with E-state index in [1.54, 1.807) is 48.5 Å². The SMILES string of the molecule is N#C/C(=C\c1ccc(OCc2ccccc2C#N)cc1)C(=O)Nc1ccc(O)cc1. The summed E-state index contributed by atoms with van der Waals surface area (Å²) in [5.41, 5.74) is 2.44. The maximum atomic E-state index is 12.3. The van der Waals surface area contributed by atoms with Crippen molar-refractivity contribution in [2.24, 2.45) is 0 Å². The lowest BCUT2D eigenvalue weighted by atomic mass is 10.1. The molecule has 0 unspecified atom stereocenters. The molecular weight excluding hydrogens is 378 g/mol. The zero-order valence-electron chi connectivity index (χ0n) is 15.9. The summed E-state index contributed by atoms with van der Waals surface area (Å²) in [6.07, 6.45) is 1.48. The van der Waals surface area contributed by atoms with Gasteiger partial charge < -0.3 is 15.2 Å². The standard InChI is InChI=1S/C24H17N3O3/c25-14-18-3-1-2-4-19(18)16-30-23-11-5-17(6-12-23)13-20(15-26)24(29)27-21-7-9-22(28)10-8-21/h1-13,28H,16H2,(H,27,29)/b20-13+. The Bertz CT molecular complexity index is 1150. The molecule has 6 nitrogen and oxygen atoms in total. The summed E-state index contributed by atoms with van der Waals surface area (Å²) < 4.78 is 5.72. The molecular formula is C24H17N3O3. The summed E-state index contributed by atoms with van der Waals surface area (Å²) in [6.45, 7) is 0.261. The molecule has 0 aliphatic carbocycles. The number of amides is 1. The van der Waals surface area contributed by atoms with Crippen LogP contribution in [-0.4, -0.2) is 11.0 Å². The molecule has 0 aromatic heterocycles. The third-order valence-electron chi connectivity index (χ3n) is 4.21. The minimum absolute atomic E-state index is 0.0558. The number of phenols is 1. The van der Waals surface area contributed by atoms with E-state index < -0.39 is 5.91 Å². The highest BCUT2D eigenvalue weighted by atomic mass is 16.5. The molecule has 2 N–H and O–H groups in total. The second-order valence-corrected chi connectivity index (χ2v) is 6.30. The summed E-state index contributed by atoms with van der Waals surface area (Å²) in [7, 11) is 0. The first-order valence-corrected chi connectivity index (χ1v) is 9.02. The predicted molar refractivity (Wildman–Crippen MR) is 112 cm³/mol. The third-order valence-corrected chi connectivity index (χ3v) is 4.21. The van der Waals surface area contributed by atoms with Gasteiger partial charge in [0.25, 0.3) is 5.91 Å². The van der Waals surface area contributed by atoms with Gasteiger partial charge in [-0.2, -0.15) is 10.5 Å². The summed E-state index contributed by atoms with van der Waals surface area (Å²) in [5, 5.41) is 30.4. The topological polar surface area (TPSA) is 106 Å². The second-order valence-electron chi connectivity index (χ2n) is 6.30. The van der Waals surface area contributed by atoms with E-state index >= 15 is 0 Å². The van der Waals surface area contributed by atoms with Crippen LogP contribution < -0.4 is 10.1 Å². The van der Waals surface area contributed by atoms with Crippen LogP contribution in [-0.2, 0) is 11.4 Å². The Balaban J connectivity index is 1.66. The van der Waals surface area contributed by atoms with Crippen LogP contribution in [0.1, 0.15) is 16.7 Å². The van der Waals surface area contributed by atoms with Gasteiger partial charge in [0, 0.05) is 11.3 Å². The van der Waals surface area contributed by atoms with Crippen LogP contribution in [0, 0.1) is 22.7 Å². The predicted octanol–water partition coefficient (Wildman–Crippen LogP) is 4.39. The molecule has 0 aliphatic heterocycles. The summed E-state index contributed by atoms with van der Waals surface area (Å²) in [6, 6.07) is 24.1. The molecule has 0 saturated carbocycles. The minimum atomic E-state index is -0.545. The van der Waals surface area contributed by atoms with Crippen LogP contribution in [0.4, 0.5) is 5.69 Å². The highest BCUT2D eigenvalue weighted by Gasteiger charge is 2.10. The van der Waals surface area contributed by atoms with Crippen molar-refractivity contribution < 1.29 is 14.6 Å². The van der Waals surface area contributed by atoms with E-state index in [9.17, 15) is 15.2 Å². The number of anilines is 1. The number of carbonyl (C=O) groups is 1. The number of nitriles is 2. The molecule has 6 heteroatoms. The molecule has 0 bridgehead atoms. The molecule has 0 radical (unpaired) electrons. The maximum Gasteiger partial charge on any atom is 0.266 e. The molecule has 0 spiro atoms. The van der Waals surface area contributed by atoms with E-state index in [2.05, 4.69) is 11.4 Å². The van der Waals surface area contributed by atoms with Crippen LogP contribution in [0.3, 0.4) is 0 Å². The van der Waals surface area contributed by atoms with Crippen molar-refractivity contribution in [3.8, 4) is 23.6 Å². The van der Waals surface area contributed by atoms with Gasteiger partial charge in [-0.05, 0) is 54.1 Å². The summed E-state index contributed by atoms with van der Waals surface area (Å²) in [5.74, 6) is 0.144. The zero-order valence-corrected chi connectivity index (χ0v) is 15.9. The van der Waals surface area contributed by atoms with E-state index in [4.69, 9.17) is 10.00 Å². The Labute approximate surface area is 173 Å². The van der Waals surface area contributed by atoms with Crippen molar-refractivity contribution in [3.05, 3.63) is 95.1 Å². The Hall–Kier alpha value is -4.55. The molecule has 30 heavy (non-hydrogen) atoms. The highest BCUT2D eigenvalue weighted by Crippen LogP contribution is 2.18. The fourth-order valence-corrected chi connectivity index (χ4v) is 2.64. The maximum absolute atomic E-state index is 12.3. The molecule has 3 aromatic rings. The van der Waals surface area contributed by atoms with Crippen LogP contribution in [0.25, 0.3) is 6.08 Å². The fourth-order valence-electron chi connectivity index (χ4n) is 2.64. The molecule has 3 aromatic carbocycles. The van der Waals surface area contributed by atoms with Crippen LogP contribution in [0.2, 0.25) is 0 Å². The number of carbonyl (C=O) groups excluding carboxylic acids is 1. The Morgan fingerprint density at radius 3 is 2.37 bits per heavy atom. The van der Waals surface area contributed by atoms with E-state index in [1.807, 2.05) is 18.2 Å².